The SMILES string of the molecule is COn1c(=O)c2[nH]cnc2n(OC)c1=O. The Morgan fingerprint density at radius 2 is 1.93 bits per heavy atom. The highest BCUT2D eigenvalue weighted by atomic mass is 16.7. The van der Waals surface area contributed by atoms with Gasteiger partial charge in [-0.2, -0.15) is 0 Å². The second kappa shape index (κ2) is 3.15. The molecular weight excluding hydrogens is 204 g/mol. The van der Waals surface area contributed by atoms with Crippen molar-refractivity contribution in [3.63, 3.8) is 0 Å². The van der Waals surface area contributed by atoms with Crippen LogP contribution in [0.1, 0.15) is 0 Å². The first-order chi connectivity index (χ1) is 7.20. The zero-order valence-electron chi connectivity index (χ0n) is 8.05. The minimum atomic E-state index is -0.746. The van der Waals surface area contributed by atoms with Gasteiger partial charge in [-0.3, -0.25) is 4.79 Å². The number of hydrogen-bond donors (Lipinski definition) is 1. The summed E-state index contributed by atoms with van der Waals surface area (Å²) in [6.07, 6.45) is 1.29. The molecule has 15 heavy (non-hydrogen) atoms. The van der Waals surface area contributed by atoms with Crippen molar-refractivity contribution < 1.29 is 9.68 Å². The van der Waals surface area contributed by atoms with Crippen LogP contribution in [0.2, 0.25) is 0 Å². The molecule has 2 rings (SSSR count). The largest absolute Gasteiger partial charge is 0.411 e. The predicted molar refractivity (Wildman–Crippen MR) is 49.6 cm³/mol. The number of fused-ring (bicyclic) bond motifs is 1. The standard InChI is InChI=1S/C7H8N4O4/c1-14-10-5-4(8-3-9-5)6(12)11(15-2)7(10)13/h3H,1-2H3,(H,8,9). The van der Waals surface area contributed by atoms with Crippen molar-refractivity contribution in [3.8, 4) is 0 Å². The number of nitrogens with one attached hydrogen (secondary N) is 1. The topological polar surface area (TPSA) is 91.1 Å². The summed E-state index contributed by atoms with van der Waals surface area (Å²) in [5, 5.41) is 0. The second-order valence-electron chi connectivity index (χ2n) is 2.64. The number of aromatic amines is 1. The van der Waals surface area contributed by atoms with Gasteiger partial charge in [0.05, 0.1) is 6.33 Å². The molecule has 0 saturated heterocycles. The Labute approximate surface area is 82.6 Å². The monoisotopic (exact) mass is 212 g/mol. The Kier molecular flexibility index (Phi) is 1.96. The Morgan fingerprint density at radius 3 is 2.53 bits per heavy atom. The number of rotatable bonds is 2. The first kappa shape index (κ1) is 9.31. The third-order valence-corrected chi connectivity index (χ3v) is 1.92. The number of hydrogen-bond acceptors (Lipinski definition) is 5. The molecule has 0 radical (unpaired) electrons. The van der Waals surface area contributed by atoms with Gasteiger partial charge in [-0.25, -0.2) is 9.78 Å². The van der Waals surface area contributed by atoms with E-state index in [1.165, 1.54) is 20.5 Å². The summed E-state index contributed by atoms with van der Waals surface area (Å²) in [5.74, 6) is 0. The van der Waals surface area contributed by atoms with Crippen LogP contribution in [-0.2, 0) is 0 Å². The van der Waals surface area contributed by atoms with Crippen molar-refractivity contribution in [1.29, 1.82) is 0 Å². The maximum Gasteiger partial charge on any atom is 0.399 e. The van der Waals surface area contributed by atoms with Gasteiger partial charge < -0.3 is 14.7 Å². The van der Waals surface area contributed by atoms with E-state index >= 15 is 0 Å². The first-order valence-electron chi connectivity index (χ1n) is 4.00. The summed E-state index contributed by atoms with van der Waals surface area (Å²) in [4.78, 5) is 39.0. The van der Waals surface area contributed by atoms with Gasteiger partial charge in [0, 0.05) is 0 Å². The molecule has 8 heteroatoms. The molecule has 2 aromatic rings. The van der Waals surface area contributed by atoms with Gasteiger partial charge in [-0.1, -0.05) is 4.73 Å². The van der Waals surface area contributed by atoms with E-state index in [-0.39, 0.29) is 11.2 Å². The number of aromatic nitrogens is 4. The lowest BCUT2D eigenvalue weighted by Crippen LogP contribution is -2.44. The molecule has 0 bridgehead atoms. The fourth-order valence-electron chi connectivity index (χ4n) is 1.29. The van der Waals surface area contributed by atoms with Crippen LogP contribution in [0.3, 0.4) is 0 Å². The van der Waals surface area contributed by atoms with Crippen molar-refractivity contribution in [2.75, 3.05) is 14.2 Å². The summed E-state index contributed by atoms with van der Waals surface area (Å²) in [6.45, 7) is 0. The molecule has 2 aromatic heterocycles. The van der Waals surface area contributed by atoms with Crippen LogP contribution < -0.4 is 20.9 Å². The van der Waals surface area contributed by atoms with E-state index < -0.39 is 11.2 Å². The van der Waals surface area contributed by atoms with Crippen molar-refractivity contribution in [2.24, 2.45) is 0 Å². The predicted octanol–water partition coefficient (Wildman–Crippen LogP) is -2.00. The zero-order valence-corrected chi connectivity index (χ0v) is 8.05. The lowest BCUT2D eigenvalue weighted by atomic mass is 10.5. The normalized spacial score (nSPS) is 10.5. The van der Waals surface area contributed by atoms with E-state index in [0.717, 1.165) is 4.73 Å². The zero-order chi connectivity index (χ0) is 11.0. The van der Waals surface area contributed by atoms with Crippen molar-refractivity contribution >= 4 is 11.2 Å². The third-order valence-electron chi connectivity index (χ3n) is 1.92. The Hall–Kier alpha value is -2.25. The van der Waals surface area contributed by atoms with Gasteiger partial charge in [0.1, 0.15) is 14.2 Å². The molecule has 0 aliphatic heterocycles. The highest BCUT2D eigenvalue weighted by Crippen LogP contribution is 1.97. The van der Waals surface area contributed by atoms with Crippen LogP contribution in [0.5, 0.6) is 0 Å². The smallest absolute Gasteiger partial charge is 0.399 e. The first-order valence-corrected chi connectivity index (χ1v) is 4.00. The molecule has 0 fully saturated rings. The molecule has 0 amide bonds. The molecule has 0 saturated carbocycles. The molecule has 1 N–H and O–H groups in total. The summed E-state index contributed by atoms with van der Waals surface area (Å²) in [7, 11) is 2.50. The van der Waals surface area contributed by atoms with E-state index in [2.05, 4.69) is 14.8 Å². The van der Waals surface area contributed by atoms with Gasteiger partial charge in [-0.15, -0.1) is 4.73 Å². The van der Waals surface area contributed by atoms with Crippen molar-refractivity contribution in [1.82, 2.24) is 19.4 Å². The number of imidazole rings is 1. The second-order valence-corrected chi connectivity index (χ2v) is 2.64. The van der Waals surface area contributed by atoms with Crippen molar-refractivity contribution in [2.45, 2.75) is 0 Å². The minimum Gasteiger partial charge on any atom is -0.411 e. The van der Waals surface area contributed by atoms with E-state index in [1.54, 1.807) is 0 Å². The lowest BCUT2D eigenvalue weighted by molar-refractivity contribution is 0.0987. The quantitative estimate of drug-likeness (QED) is 0.621. The molecule has 0 unspecified atom stereocenters. The summed E-state index contributed by atoms with van der Waals surface area (Å²) >= 11 is 0. The lowest BCUT2D eigenvalue weighted by Gasteiger charge is -2.06. The van der Waals surface area contributed by atoms with Gasteiger partial charge in [0.2, 0.25) is 5.65 Å². The van der Waals surface area contributed by atoms with Crippen LogP contribution in [0, 0.1) is 0 Å². The van der Waals surface area contributed by atoms with Gasteiger partial charge in [-0.05, 0) is 0 Å². The molecule has 2 heterocycles. The van der Waals surface area contributed by atoms with Crippen LogP contribution in [0.25, 0.3) is 11.2 Å². The van der Waals surface area contributed by atoms with Crippen LogP contribution >= 0.6 is 0 Å². The van der Waals surface area contributed by atoms with Crippen LogP contribution in [-0.4, -0.2) is 33.6 Å². The Balaban J connectivity index is 3.04. The maximum atomic E-state index is 11.6. The van der Waals surface area contributed by atoms with E-state index in [4.69, 9.17) is 4.84 Å². The molecule has 0 atom stereocenters. The summed E-state index contributed by atoms with van der Waals surface area (Å²) < 4.78 is 1.43. The van der Waals surface area contributed by atoms with E-state index in [1.807, 2.05) is 0 Å². The average Bonchev–Trinajstić information content (AvgIpc) is 2.68. The highest BCUT2D eigenvalue weighted by molar-refractivity contribution is 5.68. The minimum absolute atomic E-state index is 0.126. The average molecular weight is 212 g/mol. The van der Waals surface area contributed by atoms with Gasteiger partial charge >= 0.3 is 11.2 Å². The Morgan fingerprint density at radius 1 is 1.27 bits per heavy atom. The molecule has 80 valence electrons. The van der Waals surface area contributed by atoms with Gasteiger partial charge in [0.15, 0.2) is 5.52 Å². The summed E-state index contributed by atoms with van der Waals surface area (Å²) in [6, 6.07) is 0. The fraction of sp³-hybridized carbons (Fsp3) is 0.286. The number of H-pyrrole nitrogens is 1. The van der Waals surface area contributed by atoms with Gasteiger partial charge in [0.25, 0.3) is 0 Å². The van der Waals surface area contributed by atoms with Crippen LogP contribution in [0.15, 0.2) is 15.9 Å². The maximum absolute atomic E-state index is 11.6. The molecule has 0 aliphatic carbocycles. The molecule has 0 aliphatic rings. The Bertz CT molecular complexity index is 607. The number of nitrogens with zero attached hydrogens (tertiary/aromatic N) is 3. The summed E-state index contributed by atoms with van der Waals surface area (Å²) in [5.41, 5.74) is -1.09. The highest BCUT2D eigenvalue weighted by Gasteiger charge is 2.15. The molecule has 8 nitrogen and oxygen atoms in total. The molecule has 0 aromatic carbocycles. The van der Waals surface area contributed by atoms with E-state index in [9.17, 15) is 9.59 Å². The van der Waals surface area contributed by atoms with E-state index in [0.29, 0.717) is 4.73 Å². The fourth-order valence-corrected chi connectivity index (χ4v) is 1.29. The molecular formula is C7H8N4O4. The molecule has 0 spiro atoms. The van der Waals surface area contributed by atoms with Crippen molar-refractivity contribution in [3.05, 3.63) is 27.2 Å². The third kappa shape index (κ3) is 1.11. The van der Waals surface area contributed by atoms with Crippen LogP contribution in [0.4, 0.5) is 0 Å².